The monoisotopic (exact) mass is 376 g/mol. The largest absolute Gasteiger partial charge is 0.465 e. The maximum Gasteiger partial charge on any atom is 0.284 e. The summed E-state index contributed by atoms with van der Waals surface area (Å²) in [4.78, 5) is 11.1. The van der Waals surface area contributed by atoms with Crippen molar-refractivity contribution in [1.82, 2.24) is 0 Å². The SMILES string of the molecule is CCCCCCCCC=CCCCCCCCCOc1ccc(C(C)=O)o1. The van der Waals surface area contributed by atoms with Crippen molar-refractivity contribution in [3.8, 4) is 5.95 Å². The first-order chi connectivity index (χ1) is 13.2. The van der Waals surface area contributed by atoms with Gasteiger partial charge in [-0.1, -0.05) is 76.9 Å². The smallest absolute Gasteiger partial charge is 0.284 e. The van der Waals surface area contributed by atoms with Crippen LogP contribution in [-0.2, 0) is 0 Å². The van der Waals surface area contributed by atoms with Crippen LogP contribution < -0.4 is 4.74 Å². The topological polar surface area (TPSA) is 39.4 Å². The lowest BCUT2D eigenvalue weighted by molar-refractivity contribution is 0.0978. The number of ether oxygens (including phenoxy) is 1. The Labute approximate surface area is 166 Å². The molecule has 3 heteroatoms. The normalized spacial score (nSPS) is 11.3. The molecule has 1 rings (SSSR count). The molecule has 0 saturated heterocycles. The van der Waals surface area contributed by atoms with E-state index in [1.165, 1.54) is 90.4 Å². The number of carbonyl (C=O) groups is 1. The molecule has 154 valence electrons. The zero-order valence-electron chi connectivity index (χ0n) is 17.6. The summed E-state index contributed by atoms with van der Waals surface area (Å²) in [5, 5.41) is 0. The summed E-state index contributed by atoms with van der Waals surface area (Å²) < 4.78 is 10.8. The molecule has 0 aromatic carbocycles. The number of allylic oxidation sites excluding steroid dienone is 2. The van der Waals surface area contributed by atoms with Crippen molar-refractivity contribution in [3.63, 3.8) is 0 Å². The molecule has 0 unspecified atom stereocenters. The highest BCUT2D eigenvalue weighted by Crippen LogP contribution is 2.17. The fourth-order valence-corrected chi connectivity index (χ4v) is 3.11. The highest BCUT2D eigenvalue weighted by Gasteiger charge is 2.06. The number of carbonyl (C=O) groups excluding carboxylic acids is 1. The third-order valence-corrected chi connectivity index (χ3v) is 4.83. The fraction of sp³-hybridized carbons (Fsp3) is 0.708. The van der Waals surface area contributed by atoms with E-state index in [0.717, 1.165) is 6.42 Å². The Hall–Kier alpha value is -1.51. The molecular formula is C24H40O3. The second-order valence-corrected chi connectivity index (χ2v) is 7.46. The molecule has 3 nitrogen and oxygen atoms in total. The lowest BCUT2D eigenvalue weighted by Gasteiger charge is -2.03. The van der Waals surface area contributed by atoms with Crippen molar-refractivity contribution in [3.05, 3.63) is 30.0 Å². The van der Waals surface area contributed by atoms with E-state index in [4.69, 9.17) is 9.15 Å². The van der Waals surface area contributed by atoms with Gasteiger partial charge in [0.15, 0.2) is 11.5 Å². The summed E-state index contributed by atoms with van der Waals surface area (Å²) in [7, 11) is 0. The van der Waals surface area contributed by atoms with E-state index in [1.54, 1.807) is 12.1 Å². The van der Waals surface area contributed by atoms with E-state index >= 15 is 0 Å². The van der Waals surface area contributed by atoms with E-state index in [2.05, 4.69) is 19.1 Å². The Morgan fingerprint density at radius 1 is 0.852 bits per heavy atom. The van der Waals surface area contributed by atoms with Crippen LogP contribution in [0.5, 0.6) is 5.95 Å². The van der Waals surface area contributed by atoms with Crippen LogP contribution in [0.1, 0.15) is 114 Å². The molecule has 1 heterocycles. The third kappa shape index (κ3) is 13.3. The predicted molar refractivity (Wildman–Crippen MR) is 114 cm³/mol. The Bertz CT molecular complexity index is 501. The lowest BCUT2D eigenvalue weighted by Crippen LogP contribution is -1.96. The van der Waals surface area contributed by atoms with Crippen molar-refractivity contribution in [2.75, 3.05) is 6.61 Å². The van der Waals surface area contributed by atoms with Crippen LogP contribution >= 0.6 is 0 Å². The zero-order valence-corrected chi connectivity index (χ0v) is 17.6. The maximum atomic E-state index is 11.1. The number of rotatable bonds is 18. The quantitative estimate of drug-likeness (QED) is 0.148. The first-order valence-electron chi connectivity index (χ1n) is 11.1. The summed E-state index contributed by atoms with van der Waals surface area (Å²) in [6.07, 6.45) is 23.0. The Kier molecular flexibility index (Phi) is 14.5. The first kappa shape index (κ1) is 23.5. The van der Waals surface area contributed by atoms with Gasteiger partial charge in [0, 0.05) is 13.0 Å². The maximum absolute atomic E-state index is 11.1. The number of hydrogen-bond donors (Lipinski definition) is 0. The van der Waals surface area contributed by atoms with Gasteiger partial charge in [0.2, 0.25) is 0 Å². The van der Waals surface area contributed by atoms with E-state index < -0.39 is 0 Å². The molecule has 27 heavy (non-hydrogen) atoms. The molecule has 0 aliphatic heterocycles. The Morgan fingerprint density at radius 3 is 1.96 bits per heavy atom. The van der Waals surface area contributed by atoms with E-state index in [0.29, 0.717) is 18.3 Å². The van der Waals surface area contributed by atoms with Crippen LogP contribution in [0, 0.1) is 0 Å². The van der Waals surface area contributed by atoms with Crippen molar-refractivity contribution >= 4 is 5.78 Å². The molecule has 0 aliphatic carbocycles. The number of Topliss-reactive ketones (excluding diaryl/α,β-unsaturated/α-hetero) is 1. The average Bonchev–Trinajstić information content (AvgIpc) is 3.13. The molecule has 0 atom stereocenters. The second kappa shape index (κ2) is 16.6. The number of furan rings is 1. The van der Waals surface area contributed by atoms with Gasteiger partial charge in [0.25, 0.3) is 5.95 Å². The Morgan fingerprint density at radius 2 is 1.41 bits per heavy atom. The van der Waals surface area contributed by atoms with Crippen molar-refractivity contribution in [1.29, 1.82) is 0 Å². The molecule has 1 aromatic rings. The number of unbranched alkanes of at least 4 members (excludes halogenated alkanes) is 12. The number of ketones is 1. The van der Waals surface area contributed by atoms with Gasteiger partial charge in [-0.3, -0.25) is 4.79 Å². The van der Waals surface area contributed by atoms with Gasteiger partial charge in [-0.15, -0.1) is 0 Å². The molecule has 0 amide bonds. The standard InChI is InChI=1S/C24H40O3/c1-3-4-5-6-7-8-9-10-11-12-13-14-15-16-17-18-21-26-24-20-19-23(27-24)22(2)25/h10-11,19-20H,3-9,12-18,21H2,1-2H3. The van der Waals surface area contributed by atoms with Crippen LogP contribution in [0.3, 0.4) is 0 Å². The fourth-order valence-electron chi connectivity index (χ4n) is 3.11. The molecule has 0 spiro atoms. The van der Waals surface area contributed by atoms with Gasteiger partial charge in [0.05, 0.1) is 6.61 Å². The van der Waals surface area contributed by atoms with E-state index in [1.807, 2.05) is 0 Å². The van der Waals surface area contributed by atoms with E-state index in [-0.39, 0.29) is 5.78 Å². The molecule has 1 aromatic heterocycles. The van der Waals surface area contributed by atoms with Gasteiger partial charge >= 0.3 is 0 Å². The van der Waals surface area contributed by atoms with Gasteiger partial charge in [-0.05, 0) is 38.2 Å². The molecule has 0 radical (unpaired) electrons. The molecule has 0 fully saturated rings. The highest BCUT2D eigenvalue weighted by atomic mass is 16.6. The van der Waals surface area contributed by atoms with Crippen LogP contribution in [-0.4, -0.2) is 12.4 Å². The zero-order chi connectivity index (χ0) is 19.6. The summed E-state index contributed by atoms with van der Waals surface area (Å²) in [5.41, 5.74) is 0. The first-order valence-corrected chi connectivity index (χ1v) is 11.1. The van der Waals surface area contributed by atoms with Crippen molar-refractivity contribution < 1.29 is 13.9 Å². The Balaban J connectivity index is 1.81. The summed E-state index contributed by atoms with van der Waals surface area (Å²) >= 11 is 0. The minimum absolute atomic E-state index is 0.0675. The van der Waals surface area contributed by atoms with Crippen LogP contribution in [0.15, 0.2) is 28.7 Å². The lowest BCUT2D eigenvalue weighted by atomic mass is 10.1. The molecule has 0 saturated carbocycles. The summed E-state index contributed by atoms with van der Waals surface area (Å²) in [5.74, 6) is 0.751. The van der Waals surface area contributed by atoms with Crippen LogP contribution in [0.4, 0.5) is 0 Å². The molecule has 0 aliphatic rings. The molecule has 0 bridgehead atoms. The van der Waals surface area contributed by atoms with Crippen molar-refractivity contribution in [2.45, 2.75) is 104 Å². The van der Waals surface area contributed by atoms with Crippen LogP contribution in [0.2, 0.25) is 0 Å². The van der Waals surface area contributed by atoms with Gasteiger partial charge in [0.1, 0.15) is 0 Å². The molecular weight excluding hydrogens is 336 g/mol. The van der Waals surface area contributed by atoms with Gasteiger partial charge < -0.3 is 9.15 Å². The summed E-state index contributed by atoms with van der Waals surface area (Å²) in [6, 6.07) is 3.39. The third-order valence-electron chi connectivity index (χ3n) is 4.83. The molecule has 0 N–H and O–H groups in total. The van der Waals surface area contributed by atoms with Gasteiger partial charge in [-0.25, -0.2) is 0 Å². The average molecular weight is 377 g/mol. The van der Waals surface area contributed by atoms with Crippen LogP contribution in [0.25, 0.3) is 0 Å². The summed E-state index contributed by atoms with van der Waals surface area (Å²) in [6.45, 7) is 4.42. The second-order valence-electron chi connectivity index (χ2n) is 7.46. The minimum Gasteiger partial charge on any atom is -0.465 e. The number of hydrogen-bond acceptors (Lipinski definition) is 3. The highest BCUT2D eigenvalue weighted by molar-refractivity contribution is 5.91. The van der Waals surface area contributed by atoms with Gasteiger partial charge in [-0.2, -0.15) is 0 Å². The predicted octanol–water partition coefficient (Wildman–Crippen LogP) is 7.90. The van der Waals surface area contributed by atoms with E-state index in [9.17, 15) is 4.79 Å². The van der Waals surface area contributed by atoms with Crippen molar-refractivity contribution in [2.24, 2.45) is 0 Å². The minimum atomic E-state index is -0.0675.